The number of carboxylic acids is 1. The van der Waals surface area contributed by atoms with Gasteiger partial charge in [0.25, 0.3) is 0 Å². The maximum absolute atomic E-state index is 10.4. The van der Waals surface area contributed by atoms with E-state index in [2.05, 4.69) is 32.9 Å². The van der Waals surface area contributed by atoms with Gasteiger partial charge in [-0.05, 0) is 62.7 Å². The van der Waals surface area contributed by atoms with Crippen molar-refractivity contribution in [1.82, 2.24) is 0 Å². The van der Waals surface area contributed by atoms with Gasteiger partial charge in [-0.1, -0.05) is 115 Å². The van der Waals surface area contributed by atoms with Gasteiger partial charge in [-0.15, -0.1) is 19.8 Å². The first-order valence-electron chi connectivity index (χ1n) is 13.8. The second kappa shape index (κ2) is 30.3. The molecule has 0 saturated carbocycles. The van der Waals surface area contributed by atoms with Crippen LogP contribution in [0.15, 0.2) is 58.7 Å². The summed E-state index contributed by atoms with van der Waals surface area (Å²) >= 11 is 0. The SMILES string of the molecule is CC1=C(\C=C/C(C)=C/C=C/C(C)=C/C(=O)[O-])C(C)(C)CCC1.CCCC[O-].CCCC[O-].CCCC[O-].[Ti+4]. The second-order valence-corrected chi connectivity index (χ2v) is 9.91. The van der Waals surface area contributed by atoms with Gasteiger partial charge < -0.3 is 25.2 Å². The molecule has 0 unspecified atom stereocenters. The van der Waals surface area contributed by atoms with E-state index >= 15 is 0 Å². The van der Waals surface area contributed by atoms with Crippen molar-refractivity contribution in [2.75, 3.05) is 19.8 Å². The molecule has 5 nitrogen and oxygen atoms in total. The first-order valence-corrected chi connectivity index (χ1v) is 13.8. The van der Waals surface area contributed by atoms with Crippen LogP contribution < -0.4 is 20.4 Å². The van der Waals surface area contributed by atoms with Crippen LogP contribution in [0.25, 0.3) is 0 Å². The third-order valence-electron chi connectivity index (χ3n) is 5.61. The van der Waals surface area contributed by atoms with Gasteiger partial charge in [0.2, 0.25) is 0 Å². The van der Waals surface area contributed by atoms with E-state index in [1.807, 2.05) is 39.8 Å². The molecule has 38 heavy (non-hydrogen) atoms. The molecule has 0 saturated heterocycles. The van der Waals surface area contributed by atoms with Crippen LogP contribution in [-0.2, 0) is 26.5 Å². The van der Waals surface area contributed by atoms with Gasteiger partial charge in [-0.2, -0.15) is 0 Å². The van der Waals surface area contributed by atoms with Crippen LogP contribution in [-0.4, -0.2) is 25.8 Å². The molecule has 0 radical (unpaired) electrons. The average Bonchev–Trinajstić information content (AvgIpc) is 2.81. The third-order valence-corrected chi connectivity index (χ3v) is 5.61. The van der Waals surface area contributed by atoms with Crippen molar-refractivity contribution >= 4 is 5.97 Å². The van der Waals surface area contributed by atoms with Gasteiger partial charge in [0.15, 0.2) is 0 Å². The summed E-state index contributed by atoms with van der Waals surface area (Å²) in [6.07, 6.45) is 20.4. The minimum atomic E-state index is -1.16. The molecule has 0 spiro atoms. The summed E-state index contributed by atoms with van der Waals surface area (Å²) < 4.78 is 0. The molecule has 0 bridgehead atoms. The number of carbonyl (C=O) groups is 1. The Labute approximate surface area is 249 Å². The van der Waals surface area contributed by atoms with Crippen molar-refractivity contribution in [3.05, 3.63) is 58.7 Å². The van der Waals surface area contributed by atoms with Crippen molar-refractivity contribution in [3.8, 4) is 0 Å². The Morgan fingerprint density at radius 3 is 1.68 bits per heavy atom. The van der Waals surface area contributed by atoms with Gasteiger partial charge in [0.05, 0.1) is 5.97 Å². The zero-order valence-electron chi connectivity index (χ0n) is 25.5. The number of rotatable bonds is 11. The predicted molar refractivity (Wildman–Crippen MR) is 150 cm³/mol. The van der Waals surface area contributed by atoms with E-state index in [-0.39, 0.29) is 47.0 Å². The zero-order valence-corrected chi connectivity index (χ0v) is 27.1. The number of aliphatic carboxylic acids is 1. The van der Waals surface area contributed by atoms with Crippen LogP contribution in [0, 0.1) is 5.41 Å². The summed E-state index contributed by atoms with van der Waals surface area (Å²) in [6, 6.07) is 0. The van der Waals surface area contributed by atoms with E-state index in [1.54, 1.807) is 13.0 Å². The van der Waals surface area contributed by atoms with Crippen molar-refractivity contribution in [2.24, 2.45) is 5.41 Å². The zero-order chi connectivity index (χ0) is 29.1. The summed E-state index contributed by atoms with van der Waals surface area (Å²) in [5.41, 5.74) is 4.99. The van der Waals surface area contributed by atoms with Crippen LogP contribution in [0.1, 0.15) is 113 Å². The molecule has 0 amide bonds. The molecule has 0 aromatic rings. The molecule has 216 valence electrons. The van der Waals surface area contributed by atoms with E-state index < -0.39 is 5.97 Å². The predicted octanol–water partition coefficient (Wildman–Crippen LogP) is 4.71. The van der Waals surface area contributed by atoms with Crippen LogP contribution in [0.2, 0.25) is 0 Å². The van der Waals surface area contributed by atoms with Crippen molar-refractivity contribution < 1.29 is 46.9 Å². The molecule has 1 aliphatic rings. The smallest absolute Gasteiger partial charge is 0.854 e. The fourth-order valence-corrected chi connectivity index (χ4v) is 3.30. The standard InChI is InChI=1S/C20H28O2.3C4H9O.Ti/c1-15(8-6-9-16(2)14-19(21)22)11-12-18-17(3)10-7-13-20(18,4)5;3*1-2-3-4-5;/h6,8-9,11-12,14H,7,10,13H2,1-5H3,(H,21,22);3*2-4H2,1H3;/q;3*-1;+4/p-1/b9-6+,12-11-,15-8+,16-14+;;;;. The molecule has 0 aromatic heterocycles. The molecule has 6 heteroatoms. The van der Waals surface area contributed by atoms with E-state index in [4.69, 9.17) is 0 Å². The first-order chi connectivity index (χ1) is 17.5. The molecule has 0 heterocycles. The van der Waals surface area contributed by atoms with Crippen LogP contribution in [0.3, 0.4) is 0 Å². The van der Waals surface area contributed by atoms with Crippen molar-refractivity contribution in [1.29, 1.82) is 0 Å². The van der Waals surface area contributed by atoms with E-state index in [9.17, 15) is 25.2 Å². The van der Waals surface area contributed by atoms with Gasteiger partial charge in [0, 0.05) is 0 Å². The van der Waals surface area contributed by atoms with E-state index in [0.29, 0.717) is 5.57 Å². The average molecular weight is 567 g/mol. The van der Waals surface area contributed by atoms with Crippen molar-refractivity contribution in [3.63, 3.8) is 0 Å². The molecule has 0 aliphatic heterocycles. The Morgan fingerprint density at radius 2 is 1.34 bits per heavy atom. The molecular weight excluding hydrogens is 512 g/mol. The molecule has 0 fully saturated rings. The van der Waals surface area contributed by atoms with Gasteiger partial charge >= 0.3 is 21.7 Å². The topological polar surface area (TPSA) is 109 Å². The number of carboxylic acid groups (broad SMARTS) is 1. The number of unbranched alkanes of at least 4 members (excludes halogenated alkanes) is 3. The Bertz CT molecular complexity index is 695. The number of allylic oxidation sites excluding steroid dienone is 9. The Kier molecular flexibility index (Phi) is 34.9. The summed E-state index contributed by atoms with van der Waals surface area (Å²) in [5.74, 6) is -1.16. The summed E-state index contributed by atoms with van der Waals surface area (Å²) in [4.78, 5) is 10.4. The quantitative estimate of drug-likeness (QED) is 0.205. The molecule has 0 atom stereocenters. The summed E-state index contributed by atoms with van der Waals surface area (Å²) in [6.45, 7) is 16.9. The Balaban J connectivity index is -0.000000296. The maximum atomic E-state index is 10.4. The second-order valence-electron chi connectivity index (χ2n) is 9.91. The number of hydrogen-bond acceptors (Lipinski definition) is 5. The minimum absolute atomic E-state index is 0. The summed E-state index contributed by atoms with van der Waals surface area (Å²) in [7, 11) is 0. The molecule has 0 aromatic carbocycles. The van der Waals surface area contributed by atoms with E-state index in [0.717, 1.165) is 50.2 Å². The fourth-order valence-electron chi connectivity index (χ4n) is 3.30. The third kappa shape index (κ3) is 29.3. The summed E-state index contributed by atoms with van der Waals surface area (Å²) in [5, 5.41) is 39.0. The van der Waals surface area contributed by atoms with Gasteiger partial charge in [-0.3, -0.25) is 0 Å². The monoisotopic (exact) mass is 566 g/mol. The van der Waals surface area contributed by atoms with Crippen molar-refractivity contribution in [2.45, 2.75) is 113 Å². The molecular formula is C32H54O5Ti. The van der Waals surface area contributed by atoms with E-state index in [1.165, 1.54) is 30.4 Å². The van der Waals surface area contributed by atoms with Crippen LogP contribution in [0.4, 0.5) is 0 Å². The molecule has 1 aliphatic carbocycles. The normalized spacial score (nSPS) is 15.0. The van der Waals surface area contributed by atoms with Gasteiger partial charge in [-0.25, -0.2) is 0 Å². The Morgan fingerprint density at radius 1 is 0.868 bits per heavy atom. The fraction of sp³-hybridized carbons (Fsp3) is 0.656. The largest absolute Gasteiger partial charge is 4.00 e. The first kappa shape index (κ1) is 43.8. The van der Waals surface area contributed by atoms with Crippen LogP contribution >= 0.6 is 0 Å². The molecule has 0 N–H and O–H groups in total. The number of hydrogen-bond donors (Lipinski definition) is 0. The molecule has 1 rings (SSSR count). The van der Waals surface area contributed by atoms with Gasteiger partial charge in [0.1, 0.15) is 0 Å². The van der Waals surface area contributed by atoms with Crippen LogP contribution in [0.5, 0.6) is 0 Å². The Hall–Kier alpha value is -1.24. The maximum Gasteiger partial charge on any atom is 4.00 e. The number of carbonyl (C=O) groups excluding carboxylic acids is 1. The minimum Gasteiger partial charge on any atom is -0.854 e.